The van der Waals surface area contributed by atoms with Crippen molar-refractivity contribution >= 4 is 22.8 Å². The van der Waals surface area contributed by atoms with Crippen molar-refractivity contribution in [1.29, 1.82) is 0 Å². The lowest BCUT2D eigenvalue weighted by atomic mass is 10.3. The summed E-state index contributed by atoms with van der Waals surface area (Å²) >= 11 is 1.37. The number of benzene rings is 1. The predicted octanol–water partition coefficient (Wildman–Crippen LogP) is 2.53. The Morgan fingerprint density at radius 3 is 2.86 bits per heavy atom. The number of thioether (sulfide) groups is 1. The minimum atomic E-state index is -0.330. The van der Waals surface area contributed by atoms with Crippen LogP contribution < -0.4 is 5.56 Å². The number of hydrogen-bond donors (Lipinski definition) is 1. The molecule has 0 saturated carbocycles. The van der Waals surface area contributed by atoms with E-state index in [2.05, 4.69) is 21.6 Å². The number of nitrogens with one attached hydrogen (secondary N) is 1. The fourth-order valence-electron chi connectivity index (χ4n) is 1.88. The SMILES string of the molecule is C=CCSc1nc2c(cnn2-c2ccc(F)cc2)c(=O)[nH]1. The predicted molar refractivity (Wildman–Crippen MR) is 80.4 cm³/mol. The molecule has 2 heterocycles. The highest BCUT2D eigenvalue weighted by atomic mass is 32.2. The van der Waals surface area contributed by atoms with Crippen LogP contribution in [0.2, 0.25) is 0 Å². The molecule has 0 amide bonds. The van der Waals surface area contributed by atoms with Crippen LogP contribution in [0.1, 0.15) is 0 Å². The topological polar surface area (TPSA) is 63.6 Å². The molecule has 106 valence electrons. The zero-order valence-corrected chi connectivity index (χ0v) is 11.7. The molecule has 0 saturated heterocycles. The van der Waals surface area contributed by atoms with Crippen molar-refractivity contribution in [3.05, 3.63) is 59.3 Å². The zero-order chi connectivity index (χ0) is 14.8. The number of aromatic amines is 1. The number of H-pyrrole nitrogens is 1. The van der Waals surface area contributed by atoms with Gasteiger partial charge < -0.3 is 4.98 Å². The van der Waals surface area contributed by atoms with Gasteiger partial charge in [0.1, 0.15) is 11.2 Å². The van der Waals surface area contributed by atoms with E-state index in [0.717, 1.165) is 0 Å². The number of fused-ring (bicyclic) bond motifs is 1. The molecule has 0 aliphatic rings. The molecular formula is C14H11FN4OS. The molecule has 2 aromatic heterocycles. The smallest absolute Gasteiger partial charge is 0.262 e. The van der Waals surface area contributed by atoms with Gasteiger partial charge in [-0.25, -0.2) is 14.1 Å². The fraction of sp³-hybridized carbons (Fsp3) is 0.0714. The summed E-state index contributed by atoms with van der Waals surface area (Å²) in [5, 5.41) is 5.05. The van der Waals surface area contributed by atoms with Gasteiger partial charge in [-0.2, -0.15) is 5.10 Å². The van der Waals surface area contributed by atoms with E-state index in [0.29, 0.717) is 27.6 Å². The van der Waals surface area contributed by atoms with Crippen LogP contribution in [-0.4, -0.2) is 25.5 Å². The second kappa shape index (κ2) is 5.53. The van der Waals surface area contributed by atoms with E-state index in [-0.39, 0.29) is 11.4 Å². The summed E-state index contributed by atoms with van der Waals surface area (Å²) in [5.41, 5.74) is 0.834. The molecule has 0 unspecified atom stereocenters. The zero-order valence-electron chi connectivity index (χ0n) is 10.9. The van der Waals surface area contributed by atoms with Crippen molar-refractivity contribution in [3.8, 4) is 5.69 Å². The lowest BCUT2D eigenvalue weighted by Crippen LogP contribution is -2.09. The Balaban J connectivity index is 2.15. The summed E-state index contributed by atoms with van der Waals surface area (Å²) < 4.78 is 14.5. The first kappa shape index (κ1) is 13.6. The lowest BCUT2D eigenvalue weighted by molar-refractivity contribution is 0.627. The molecule has 1 aromatic carbocycles. The van der Waals surface area contributed by atoms with Crippen LogP contribution in [0.5, 0.6) is 0 Å². The van der Waals surface area contributed by atoms with Gasteiger partial charge in [-0.15, -0.1) is 6.58 Å². The van der Waals surface area contributed by atoms with Gasteiger partial charge in [0.05, 0.1) is 11.9 Å². The molecule has 5 nitrogen and oxygen atoms in total. The summed E-state index contributed by atoms with van der Waals surface area (Å²) in [6.45, 7) is 3.63. The van der Waals surface area contributed by atoms with Crippen LogP contribution in [0, 0.1) is 5.82 Å². The van der Waals surface area contributed by atoms with Gasteiger partial charge in [0.15, 0.2) is 10.8 Å². The third-order valence-corrected chi connectivity index (χ3v) is 3.69. The summed E-state index contributed by atoms with van der Waals surface area (Å²) in [7, 11) is 0. The monoisotopic (exact) mass is 302 g/mol. The van der Waals surface area contributed by atoms with Crippen LogP contribution in [-0.2, 0) is 0 Å². The number of halogens is 1. The van der Waals surface area contributed by atoms with Gasteiger partial charge in [-0.1, -0.05) is 17.8 Å². The van der Waals surface area contributed by atoms with E-state index < -0.39 is 0 Å². The molecule has 21 heavy (non-hydrogen) atoms. The molecule has 3 rings (SSSR count). The molecule has 0 aliphatic carbocycles. The average molecular weight is 302 g/mol. The van der Waals surface area contributed by atoms with E-state index in [9.17, 15) is 9.18 Å². The summed E-state index contributed by atoms with van der Waals surface area (Å²) in [4.78, 5) is 19.1. The number of aromatic nitrogens is 4. The standard InChI is InChI=1S/C14H11FN4OS/c1-2-7-21-14-17-12-11(13(20)18-14)8-16-19(12)10-5-3-9(15)4-6-10/h2-6,8H,1,7H2,(H,17,18,20). The Hall–Kier alpha value is -2.41. The first-order valence-corrected chi connectivity index (χ1v) is 7.15. The fourth-order valence-corrected chi connectivity index (χ4v) is 2.47. The van der Waals surface area contributed by atoms with Crippen LogP contribution in [0.4, 0.5) is 4.39 Å². The lowest BCUT2D eigenvalue weighted by Gasteiger charge is -2.03. The molecule has 0 spiro atoms. The maximum Gasteiger partial charge on any atom is 0.262 e. The average Bonchev–Trinajstić information content (AvgIpc) is 2.90. The van der Waals surface area contributed by atoms with Gasteiger partial charge in [-0.05, 0) is 24.3 Å². The van der Waals surface area contributed by atoms with Crippen molar-refractivity contribution in [2.45, 2.75) is 5.16 Å². The second-order valence-corrected chi connectivity index (χ2v) is 5.25. The molecule has 0 atom stereocenters. The highest BCUT2D eigenvalue weighted by molar-refractivity contribution is 7.99. The van der Waals surface area contributed by atoms with Crippen LogP contribution >= 0.6 is 11.8 Å². The third kappa shape index (κ3) is 2.59. The Morgan fingerprint density at radius 1 is 1.38 bits per heavy atom. The number of rotatable bonds is 4. The Bertz CT molecular complexity index is 854. The maximum atomic E-state index is 13.0. The third-order valence-electron chi connectivity index (χ3n) is 2.83. The highest BCUT2D eigenvalue weighted by Gasteiger charge is 2.11. The van der Waals surface area contributed by atoms with Crippen molar-refractivity contribution in [2.24, 2.45) is 0 Å². The van der Waals surface area contributed by atoms with E-state index in [1.807, 2.05) is 0 Å². The summed E-state index contributed by atoms with van der Waals surface area (Å²) in [5.74, 6) is 0.308. The van der Waals surface area contributed by atoms with Crippen molar-refractivity contribution in [1.82, 2.24) is 19.7 Å². The molecule has 7 heteroatoms. The Morgan fingerprint density at radius 2 is 2.14 bits per heavy atom. The van der Waals surface area contributed by atoms with Gasteiger partial charge in [0.2, 0.25) is 0 Å². The normalized spacial score (nSPS) is 10.9. The summed E-state index contributed by atoms with van der Waals surface area (Å²) in [6, 6.07) is 5.84. The Kier molecular flexibility index (Phi) is 3.57. The first-order chi connectivity index (χ1) is 10.2. The van der Waals surface area contributed by atoms with E-state index in [1.165, 1.54) is 34.8 Å². The molecule has 0 aliphatic heterocycles. The largest absolute Gasteiger partial charge is 0.301 e. The van der Waals surface area contributed by atoms with Gasteiger partial charge in [0.25, 0.3) is 5.56 Å². The van der Waals surface area contributed by atoms with E-state index >= 15 is 0 Å². The summed E-state index contributed by atoms with van der Waals surface area (Å²) in [6.07, 6.45) is 3.18. The molecule has 0 fully saturated rings. The van der Waals surface area contributed by atoms with Crippen LogP contribution in [0.25, 0.3) is 16.7 Å². The quantitative estimate of drug-likeness (QED) is 0.457. The molecular weight excluding hydrogens is 291 g/mol. The molecule has 0 radical (unpaired) electrons. The highest BCUT2D eigenvalue weighted by Crippen LogP contribution is 2.17. The van der Waals surface area contributed by atoms with Gasteiger partial charge >= 0.3 is 0 Å². The minimum Gasteiger partial charge on any atom is -0.301 e. The van der Waals surface area contributed by atoms with Crippen molar-refractivity contribution in [3.63, 3.8) is 0 Å². The Labute approximate surface area is 123 Å². The maximum absolute atomic E-state index is 13.0. The van der Waals surface area contributed by atoms with Crippen molar-refractivity contribution < 1.29 is 4.39 Å². The van der Waals surface area contributed by atoms with Crippen molar-refractivity contribution in [2.75, 3.05) is 5.75 Å². The van der Waals surface area contributed by atoms with E-state index in [1.54, 1.807) is 18.2 Å². The minimum absolute atomic E-state index is 0.250. The van der Waals surface area contributed by atoms with Crippen LogP contribution in [0.3, 0.4) is 0 Å². The van der Waals surface area contributed by atoms with Gasteiger partial charge in [-0.3, -0.25) is 4.79 Å². The number of hydrogen-bond acceptors (Lipinski definition) is 4. The van der Waals surface area contributed by atoms with Gasteiger partial charge in [0, 0.05) is 5.75 Å². The van der Waals surface area contributed by atoms with Crippen LogP contribution in [0.15, 0.2) is 53.1 Å². The first-order valence-electron chi connectivity index (χ1n) is 6.17. The number of nitrogens with zero attached hydrogens (tertiary/aromatic N) is 3. The van der Waals surface area contributed by atoms with E-state index in [4.69, 9.17) is 0 Å². The molecule has 0 bridgehead atoms. The second-order valence-electron chi connectivity index (χ2n) is 4.24. The molecule has 1 N–H and O–H groups in total. The molecule has 3 aromatic rings.